The minimum Gasteiger partial charge on any atom is -0.383 e. The normalized spacial score (nSPS) is 16.7. The number of morpholine rings is 1. The van der Waals surface area contributed by atoms with E-state index in [-0.39, 0.29) is 0 Å². The van der Waals surface area contributed by atoms with Crippen LogP contribution in [-0.2, 0) is 16.0 Å². The summed E-state index contributed by atoms with van der Waals surface area (Å²) >= 11 is 0. The Balaban J connectivity index is 1.79. The SMILES string of the molecule is COCCNc1ccc(CN2CCOCC2)cc1. The Hall–Kier alpha value is -1.10. The first kappa shape index (κ1) is 13.3. The minimum absolute atomic E-state index is 0.732. The molecule has 1 aromatic carbocycles. The van der Waals surface area contributed by atoms with Crippen LogP contribution in [0.3, 0.4) is 0 Å². The Labute approximate surface area is 109 Å². The summed E-state index contributed by atoms with van der Waals surface area (Å²) in [6.45, 7) is 6.38. The van der Waals surface area contributed by atoms with Crippen molar-refractivity contribution < 1.29 is 9.47 Å². The van der Waals surface area contributed by atoms with E-state index in [0.29, 0.717) is 0 Å². The van der Waals surface area contributed by atoms with Crippen molar-refractivity contribution in [2.45, 2.75) is 6.54 Å². The number of nitrogens with one attached hydrogen (secondary N) is 1. The van der Waals surface area contributed by atoms with Gasteiger partial charge in [0.2, 0.25) is 0 Å². The van der Waals surface area contributed by atoms with Crippen LogP contribution in [0.4, 0.5) is 5.69 Å². The summed E-state index contributed by atoms with van der Waals surface area (Å²) in [6, 6.07) is 8.63. The lowest BCUT2D eigenvalue weighted by molar-refractivity contribution is 0.0342. The van der Waals surface area contributed by atoms with Gasteiger partial charge in [-0.1, -0.05) is 12.1 Å². The summed E-state index contributed by atoms with van der Waals surface area (Å²) in [7, 11) is 1.72. The maximum Gasteiger partial charge on any atom is 0.0635 e. The third kappa shape index (κ3) is 4.29. The van der Waals surface area contributed by atoms with Crippen LogP contribution in [-0.4, -0.2) is 51.5 Å². The monoisotopic (exact) mass is 250 g/mol. The van der Waals surface area contributed by atoms with E-state index in [4.69, 9.17) is 9.47 Å². The van der Waals surface area contributed by atoms with Crippen LogP contribution in [0.15, 0.2) is 24.3 Å². The van der Waals surface area contributed by atoms with Gasteiger partial charge in [0.25, 0.3) is 0 Å². The molecular formula is C14H22N2O2. The van der Waals surface area contributed by atoms with E-state index < -0.39 is 0 Å². The van der Waals surface area contributed by atoms with Crippen LogP contribution in [0.5, 0.6) is 0 Å². The third-order valence-electron chi connectivity index (χ3n) is 3.10. The van der Waals surface area contributed by atoms with Crippen molar-refractivity contribution in [2.75, 3.05) is 51.9 Å². The van der Waals surface area contributed by atoms with E-state index in [1.54, 1.807) is 7.11 Å². The van der Waals surface area contributed by atoms with Crippen LogP contribution < -0.4 is 5.32 Å². The molecule has 0 atom stereocenters. The molecule has 0 unspecified atom stereocenters. The van der Waals surface area contributed by atoms with E-state index in [2.05, 4.69) is 34.5 Å². The first-order valence-corrected chi connectivity index (χ1v) is 6.50. The van der Waals surface area contributed by atoms with Crippen molar-refractivity contribution in [3.8, 4) is 0 Å². The van der Waals surface area contributed by atoms with Gasteiger partial charge in [-0.25, -0.2) is 0 Å². The van der Waals surface area contributed by atoms with Crippen molar-refractivity contribution in [1.29, 1.82) is 0 Å². The summed E-state index contributed by atoms with van der Waals surface area (Å²) in [5.41, 5.74) is 2.51. The van der Waals surface area contributed by atoms with Crippen molar-refractivity contribution in [1.82, 2.24) is 4.90 Å². The molecule has 0 aliphatic carbocycles. The average Bonchev–Trinajstić information content (AvgIpc) is 2.42. The van der Waals surface area contributed by atoms with E-state index in [1.807, 2.05) is 0 Å². The summed E-state index contributed by atoms with van der Waals surface area (Å²) in [4.78, 5) is 2.43. The number of hydrogen-bond acceptors (Lipinski definition) is 4. The third-order valence-corrected chi connectivity index (χ3v) is 3.10. The van der Waals surface area contributed by atoms with E-state index in [0.717, 1.165) is 51.7 Å². The summed E-state index contributed by atoms with van der Waals surface area (Å²) in [5, 5.41) is 3.32. The molecule has 1 aliphatic heterocycles. The van der Waals surface area contributed by atoms with Crippen molar-refractivity contribution in [3.63, 3.8) is 0 Å². The maximum absolute atomic E-state index is 5.35. The van der Waals surface area contributed by atoms with Gasteiger partial charge in [0.15, 0.2) is 0 Å². The summed E-state index contributed by atoms with van der Waals surface area (Å²) in [6.07, 6.45) is 0. The van der Waals surface area contributed by atoms with Gasteiger partial charge in [0.1, 0.15) is 0 Å². The Kier molecular flexibility index (Phi) is 5.45. The Morgan fingerprint density at radius 3 is 2.61 bits per heavy atom. The Bertz CT molecular complexity index is 334. The minimum atomic E-state index is 0.732. The van der Waals surface area contributed by atoms with E-state index >= 15 is 0 Å². The Morgan fingerprint density at radius 1 is 1.22 bits per heavy atom. The lowest BCUT2D eigenvalue weighted by Crippen LogP contribution is -2.35. The topological polar surface area (TPSA) is 33.7 Å². The smallest absolute Gasteiger partial charge is 0.0635 e. The molecule has 4 nitrogen and oxygen atoms in total. The molecule has 1 N–H and O–H groups in total. The molecule has 0 radical (unpaired) electrons. The number of methoxy groups -OCH3 is 1. The number of rotatable bonds is 6. The van der Waals surface area contributed by atoms with Gasteiger partial charge in [-0.15, -0.1) is 0 Å². The molecule has 1 heterocycles. The number of hydrogen-bond donors (Lipinski definition) is 1. The molecule has 18 heavy (non-hydrogen) atoms. The fourth-order valence-corrected chi connectivity index (χ4v) is 2.04. The predicted octanol–water partition coefficient (Wildman–Crippen LogP) is 1.58. The highest BCUT2D eigenvalue weighted by Gasteiger charge is 2.10. The number of benzene rings is 1. The maximum atomic E-state index is 5.35. The first-order valence-electron chi connectivity index (χ1n) is 6.50. The van der Waals surface area contributed by atoms with E-state index in [9.17, 15) is 0 Å². The lowest BCUT2D eigenvalue weighted by Gasteiger charge is -2.26. The van der Waals surface area contributed by atoms with Gasteiger partial charge < -0.3 is 14.8 Å². The first-order chi connectivity index (χ1) is 8.88. The number of ether oxygens (including phenoxy) is 2. The van der Waals surface area contributed by atoms with Gasteiger partial charge >= 0.3 is 0 Å². The van der Waals surface area contributed by atoms with Crippen LogP contribution >= 0.6 is 0 Å². The second-order valence-electron chi connectivity index (χ2n) is 4.51. The molecule has 1 aliphatic rings. The zero-order valence-corrected chi connectivity index (χ0v) is 11.0. The van der Waals surface area contributed by atoms with Crippen LogP contribution in [0.25, 0.3) is 0 Å². The second kappa shape index (κ2) is 7.36. The molecule has 1 aromatic rings. The largest absolute Gasteiger partial charge is 0.383 e. The van der Waals surface area contributed by atoms with Crippen LogP contribution in [0, 0.1) is 0 Å². The molecule has 0 amide bonds. The van der Waals surface area contributed by atoms with Gasteiger partial charge in [-0.2, -0.15) is 0 Å². The summed E-state index contributed by atoms with van der Waals surface area (Å²) < 4.78 is 10.4. The van der Waals surface area contributed by atoms with Crippen molar-refractivity contribution >= 4 is 5.69 Å². The van der Waals surface area contributed by atoms with Gasteiger partial charge in [0, 0.05) is 39.0 Å². The highest BCUT2D eigenvalue weighted by molar-refractivity contribution is 5.44. The van der Waals surface area contributed by atoms with Crippen molar-refractivity contribution in [3.05, 3.63) is 29.8 Å². The standard InChI is InChI=1S/C14H22N2O2/c1-17-9-6-15-14-4-2-13(3-5-14)12-16-7-10-18-11-8-16/h2-5,15H,6-12H2,1H3. The zero-order valence-electron chi connectivity index (χ0n) is 11.0. The van der Waals surface area contributed by atoms with E-state index in [1.165, 1.54) is 5.56 Å². The van der Waals surface area contributed by atoms with Gasteiger partial charge in [-0.05, 0) is 17.7 Å². The number of anilines is 1. The molecule has 1 fully saturated rings. The molecular weight excluding hydrogens is 228 g/mol. The lowest BCUT2D eigenvalue weighted by atomic mass is 10.2. The Morgan fingerprint density at radius 2 is 1.94 bits per heavy atom. The molecule has 0 spiro atoms. The fraction of sp³-hybridized carbons (Fsp3) is 0.571. The van der Waals surface area contributed by atoms with Crippen LogP contribution in [0.2, 0.25) is 0 Å². The van der Waals surface area contributed by atoms with Crippen molar-refractivity contribution in [2.24, 2.45) is 0 Å². The highest BCUT2D eigenvalue weighted by Crippen LogP contribution is 2.12. The quantitative estimate of drug-likeness (QED) is 0.777. The summed E-state index contributed by atoms with van der Waals surface area (Å²) in [5.74, 6) is 0. The molecule has 0 saturated carbocycles. The molecule has 100 valence electrons. The molecule has 1 saturated heterocycles. The second-order valence-corrected chi connectivity index (χ2v) is 4.51. The highest BCUT2D eigenvalue weighted by atomic mass is 16.5. The zero-order chi connectivity index (χ0) is 12.6. The average molecular weight is 250 g/mol. The van der Waals surface area contributed by atoms with Gasteiger partial charge in [0.05, 0.1) is 19.8 Å². The fourth-order valence-electron chi connectivity index (χ4n) is 2.04. The molecule has 0 bridgehead atoms. The van der Waals surface area contributed by atoms with Crippen LogP contribution in [0.1, 0.15) is 5.56 Å². The molecule has 4 heteroatoms. The predicted molar refractivity (Wildman–Crippen MR) is 72.9 cm³/mol. The molecule has 0 aromatic heterocycles. The van der Waals surface area contributed by atoms with Gasteiger partial charge in [-0.3, -0.25) is 4.90 Å². The number of nitrogens with zero attached hydrogens (tertiary/aromatic N) is 1. The molecule has 2 rings (SSSR count).